The molecular weight excluding hydrogens is 541 g/mol. The number of hydrogen-bond acceptors (Lipinski definition) is 8. The van der Waals surface area contributed by atoms with Crippen molar-refractivity contribution in [1.29, 1.82) is 0 Å². The van der Waals surface area contributed by atoms with Crippen molar-refractivity contribution < 1.29 is 23.8 Å². The fourth-order valence-corrected chi connectivity index (χ4v) is 5.98. The Balaban J connectivity index is 1.30. The summed E-state index contributed by atoms with van der Waals surface area (Å²) >= 11 is 0. The van der Waals surface area contributed by atoms with Gasteiger partial charge in [0.25, 0.3) is 0 Å². The molecule has 2 saturated heterocycles. The van der Waals surface area contributed by atoms with Crippen LogP contribution in [0.4, 0.5) is 15.0 Å². The number of fused-ring (bicyclic) bond motifs is 1. The zero-order chi connectivity index (χ0) is 29.6. The van der Waals surface area contributed by atoms with Crippen molar-refractivity contribution in [1.82, 2.24) is 24.8 Å². The van der Waals surface area contributed by atoms with E-state index in [9.17, 15) is 14.7 Å². The minimum Gasteiger partial charge on any atom is -0.437 e. The Morgan fingerprint density at radius 2 is 2.05 bits per heavy atom. The Hall–Kier alpha value is -4.71. The van der Waals surface area contributed by atoms with Crippen molar-refractivity contribution in [2.24, 2.45) is 5.73 Å². The number of likely N-dealkylation sites (tertiary alicyclic amines) is 1. The summed E-state index contributed by atoms with van der Waals surface area (Å²) in [6, 6.07) is 5.19. The molecule has 3 aliphatic rings. The average molecular weight is 574 g/mol. The van der Waals surface area contributed by atoms with Crippen molar-refractivity contribution in [3.63, 3.8) is 0 Å². The standard InChI is InChI=1S/C30H32FN7O4/c1-3-4-8-22-26(32)35-29(41)42-30(22)9-11-36(12-10-30)23(40)16-38-15-21(20-7-5-6-18(2)25(20)31)24-27(33-17-34-28(24)38)37-13-19(39)14-37/h3-8,15,17,19,39H,1,9-14,16,32H2,2H3,(H,35,41)/b8-4-. The zero-order valence-electron chi connectivity index (χ0n) is 23.2. The molecule has 4 N–H and O–H groups in total. The normalized spacial score (nSPS) is 18.9. The van der Waals surface area contributed by atoms with Crippen LogP contribution in [0.15, 0.2) is 66.9 Å². The number of hydrogen-bond donors (Lipinski definition) is 3. The van der Waals surface area contributed by atoms with Crippen molar-refractivity contribution in [2.45, 2.75) is 38.0 Å². The molecule has 2 aromatic heterocycles. The van der Waals surface area contributed by atoms with Gasteiger partial charge in [-0.2, -0.15) is 0 Å². The second kappa shape index (κ2) is 10.6. The van der Waals surface area contributed by atoms with Gasteiger partial charge in [0.15, 0.2) is 0 Å². The molecular formula is C30H32FN7O4. The van der Waals surface area contributed by atoms with Crippen LogP contribution >= 0.6 is 0 Å². The lowest BCUT2D eigenvalue weighted by molar-refractivity contribution is -0.135. The number of allylic oxidation sites excluding steroid dienone is 2. The van der Waals surface area contributed by atoms with Gasteiger partial charge in [0.05, 0.1) is 11.5 Å². The highest BCUT2D eigenvalue weighted by Gasteiger charge is 2.45. The first kappa shape index (κ1) is 27.5. The van der Waals surface area contributed by atoms with Gasteiger partial charge in [-0.3, -0.25) is 10.1 Å². The molecule has 2 fully saturated rings. The summed E-state index contributed by atoms with van der Waals surface area (Å²) in [6.07, 6.45) is 7.94. The van der Waals surface area contributed by atoms with Crippen molar-refractivity contribution in [2.75, 3.05) is 31.1 Å². The minimum atomic E-state index is -0.942. The van der Waals surface area contributed by atoms with E-state index < -0.39 is 17.8 Å². The number of alkyl carbamates (subject to hydrolysis) is 1. The largest absolute Gasteiger partial charge is 0.437 e. The van der Waals surface area contributed by atoms with Gasteiger partial charge in [-0.05, 0) is 12.5 Å². The SMILES string of the molecule is C=C/C=C\C1=C(N)NC(=O)OC12CCN(C(=O)Cn1cc(-c3cccc(C)c3F)c3c(N4CC(O)C4)ncnc31)CC2. The van der Waals surface area contributed by atoms with Crippen molar-refractivity contribution in [3.8, 4) is 11.1 Å². The number of β-amino-alcohol motifs (C(OH)–C–C–N with tert-alkyl or cyclic N) is 1. The lowest BCUT2D eigenvalue weighted by Crippen LogP contribution is -2.55. The van der Waals surface area contributed by atoms with Crippen LogP contribution in [-0.2, 0) is 16.1 Å². The number of amides is 2. The van der Waals surface area contributed by atoms with Crippen LogP contribution in [0, 0.1) is 12.7 Å². The second-order valence-corrected chi connectivity index (χ2v) is 10.9. The molecule has 0 radical (unpaired) electrons. The Bertz CT molecular complexity index is 1650. The number of aliphatic hydroxyl groups excluding tert-OH is 1. The van der Waals surface area contributed by atoms with Crippen molar-refractivity contribution in [3.05, 3.63) is 78.3 Å². The number of halogens is 1. The molecule has 6 rings (SSSR count). The van der Waals surface area contributed by atoms with Gasteiger partial charge < -0.3 is 29.9 Å². The van der Waals surface area contributed by atoms with Crippen molar-refractivity contribution >= 4 is 28.9 Å². The second-order valence-electron chi connectivity index (χ2n) is 10.9. The van der Waals surface area contributed by atoms with Gasteiger partial charge in [-0.15, -0.1) is 0 Å². The molecule has 0 aliphatic carbocycles. The van der Waals surface area contributed by atoms with E-state index in [-0.39, 0.29) is 24.1 Å². The van der Waals surface area contributed by atoms with Gasteiger partial charge >= 0.3 is 6.09 Å². The minimum absolute atomic E-state index is 0.0292. The molecule has 0 saturated carbocycles. The van der Waals surface area contributed by atoms with Crippen LogP contribution in [0.1, 0.15) is 18.4 Å². The Kier molecular flexibility index (Phi) is 6.93. The quantitative estimate of drug-likeness (QED) is 0.383. The summed E-state index contributed by atoms with van der Waals surface area (Å²) in [6.45, 7) is 6.87. The molecule has 0 atom stereocenters. The molecule has 3 aromatic rings. The maximum Gasteiger partial charge on any atom is 0.413 e. The lowest BCUT2D eigenvalue weighted by atomic mass is 9.82. The summed E-state index contributed by atoms with van der Waals surface area (Å²) in [5.41, 5.74) is 7.81. The third kappa shape index (κ3) is 4.67. The molecule has 3 aliphatic heterocycles. The van der Waals surface area contributed by atoms with E-state index in [0.29, 0.717) is 78.1 Å². The molecule has 0 bridgehead atoms. The third-order valence-corrected chi connectivity index (χ3v) is 8.21. The van der Waals surface area contributed by atoms with Crippen LogP contribution in [0.2, 0.25) is 0 Å². The molecule has 218 valence electrons. The average Bonchev–Trinajstić information content (AvgIpc) is 3.31. The lowest BCUT2D eigenvalue weighted by Gasteiger charge is -2.44. The highest BCUT2D eigenvalue weighted by Crippen LogP contribution is 2.40. The number of nitrogens with zero attached hydrogens (tertiary/aromatic N) is 5. The highest BCUT2D eigenvalue weighted by molar-refractivity contribution is 6.02. The number of aromatic nitrogens is 3. The summed E-state index contributed by atoms with van der Waals surface area (Å²) in [5, 5.41) is 13.1. The number of carbonyl (C=O) groups excluding carboxylic acids is 2. The molecule has 42 heavy (non-hydrogen) atoms. The van der Waals surface area contributed by atoms with Crippen LogP contribution in [0.25, 0.3) is 22.2 Å². The molecule has 11 nitrogen and oxygen atoms in total. The topological polar surface area (TPSA) is 139 Å². The van der Waals surface area contributed by atoms with Crippen LogP contribution in [-0.4, -0.2) is 74.4 Å². The third-order valence-electron chi connectivity index (χ3n) is 8.21. The first-order chi connectivity index (χ1) is 20.2. The predicted molar refractivity (Wildman–Crippen MR) is 155 cm³/mol. The number of piperidine rings is 1. The van der Waals surface area contributed by atoms with E-state index in [0.717, 1.165) is 0 Å². The maximum absolute atomic E-state index is 15.4. The van der Waals surface area contributed by atoms with Gasteiger partial charge in [0.2, 0.25) is 5.91 Å². The van der Waals surface area contributed by atoms with E-state index in [1.807, 2.05) is 4.90 Å². The summed E-state index contributed by atoms with van der Waals surface area (Å²) in [7, 11) is 0. The molecule has 1 spiro atoms. The number of rotatable bonds is 6. The number of anilines is 1. The van der Waals surface area contributed by atoms with Gasteiger partial charge in [-0.1, -0.05) is 43.0 Å². The highest BCUT2D eigenvalue weighted by atomic mass is 19.1. The number of carbonyl (C=O) groups is 2. The molecule has 2 amide bonds. The number of nitrogens with two attached hydrogens (primary N) is 1. The predicted octanol–water partition coefficient (Wildman–Crippen LogP) is 2.74. The molecule has 0 unspecified atom stereocenters. The van der Waals surface area contributed by atoms with Crippen LogP contribution < -0.4 is 16.0 Å². The van der Waals surface area contributed by atoms with E-state index >= 15 is 4.39 Å². The molecule has 1 aromatic carbocycles. The zero-order valence-corrected chi connectivity index (χ0v) is 23.2. The first-order valence-electron chi connectivity index (χ1n) is 13.8. The smallest absolute Gasteiger partial charge is 0.413 e. The monoisotopic (exact) mass is 573 g/mol. The van der Waals surface area contributed by atoms with Crippen LogP contribution in [0.3, 0.4) is 0 Å². The fraction of sp³-hybridized carbons (Fsp3) is 0.333. The Morgan fingerprint density at radius 1 is 1.29 bits per heavy atom. The number of nitrogens with one attached hydrogen (secondary N) is 1. The van der Waals surface area contributed by atoms with Gasteiger partial charge in [0.1, 0.15) is 41.6 Å². The summed E-state index contributed by atoms with van der Waals surface area (Å²) in [4.78, 5) is 38.4. The molecule has 5 heterocycles. The van der Waals surface area contributed by atoms with E-state index in [1.54, 1.807) is 59.0 Å². The molecule has 12 heteroatoms. The summed E-state index contributed by atoms with van der Waals surface area (Å²) < 4.78 is 22.8. The number of aliphatic hydroxyl groups is 1. The number of benzene rings is 1. The number of ether oxygens (including phenoxy) is 1. The Labute approximate surface area is 241 Å². The van der Waals surface area contributed by atoms with E-state index in [2.05, 4.69) is 21.9 Å². The summed E-state index contributed by atoms with van der Waals surface area (Å²) in [5.74, 6) is 0.305. The Morgan fingerprint density at radius 3 is 2.76 bits per heavy atom. The first-order valence-corrected chi connectivity index (χ1v) is 13.8. The maximum atomic E-state index is 15.4. The van der Waals surface area contributed by atoms with E-state index in [1.165, 1.54) is 6.33 Å². The fourth-order valence-electron chi connectivity index (χ4n) is 5.98. The number of aryl methyl sites for hydroxylation is 1. The van der Waals surface area contributed by atoms with Crippen LogP contribution in [0.5, 0.6) is 0 Å². The van der Waals surface area contributed by atoms with Gasteiger partial charge in [0, 0.05) is 61.9 Å². The van der Waals surface area contributed by atoms with Gasteiger partial charge in [-0.25, -0.2) is 19.2 Å². The van der Waals surface area contributed by atoms with E-state index in [4.69, 9.17) is 10.5 Å².